The van der Waals surface area contributed by atoms with Gasteiger partial charge in [0.25, 0.3) is 0 Å². The summed E-state index contributed by atoms with van der Waals surface area (Å²) in [4.78, 5) is 7.24. The molecule has 3 aromatic rings. The van der Waals surface area contributed by atoms with Gasteiger partial charge in [-0.2, -0.15) is 4.39 Å². The minimum Gasteiger partial charge on any atom is -0.375 e. The predicted octanol–water partition coefficient (Wildman–Crippen LogP) is 4.19. The second-order valence-electron chi connectivity index (χ2n) is 5.52. The van der Waals surface area contributed by atoms with Crippen molar-refractivity contribution in [3.05, 3.63) is 59.8 Å². The topological polar surface area (TPSA) is 40.7 Å². The second-order valence-corrected chi connectivity index (χ2v) is 5.52. The molecule has 1 unspecified atom stereocenters. The van der Waals surface area contributed by atoms with E-state index in [0.717, 1.165) is 24.9 Å². The van der Waals surface area contributed by atoms with E-state index in [-0.39, 0.29) is 6.04 Å². The van der Waals surface area contributed by atoms with E-state index in [9.17, 15) is 4.39 Å². The van der Waals surface area contributed by atoms with Crippen molar-refractivity contribution in [3.63, 3.8) is 0 Å². The quantitative estimate of drug-likeness (QED) is 0.691. The summed E-state index contributed by atoms with van der Waals surface area (Å²) in [6, 6.07) is 11.8. The first-order valence-electron chi connectivity index (χ1n) is 7.29. The van der Waals surface area contributed by atoms with Gasteiger partial charge in [-0.1, -0.05) is 18.2 Å². The SMILES string of the molecule is Fc1ccc(NC2CCCc3c2[nH]c2ccccc32)cn1. The Bertz CT molecular complexity index is 776. The molecule has 0 spiro atoms. The van der Waals surface area contributed by atoms with Gasteiger partial charge < -0.3 is 10.3 Å². The van der Waals surface area contributed by atoms with Crippen LogP contribution < -0.4 is 5.32 Å². The number of aromatic nitrogens is 2. The van der Waals surface area contributed by atoms with Gasteiger partial charge >= 0.3 is 0 Å². The van der Waals surface area contributed by atoms with Crippen molar-refractivity contribution in [1.82, 2.24) is 9.97 Å². The van der Waals surface area contributed by atoms with Crippen molar-refractivity contribution in [3.8, 4) is 0 Å². The summed E-state index contributed by atoms with van der Waals surface area (Å²) in [5.74, 6) is -0.449. The van der Waals surface area contributed by atoms with E-state index >= 15 is 0 Å². The fourth-order valence-corrected chi connectivity index (χ4v) is 3.22. The van der Waals surface area contributed by atoms with Crippen LogP contribution >= 0.6 is 0 Å². The highest BCUT2D eigenvalue weighted by Gasteiger charge is 2.24. The summed E-state index contributed by atoms with van der Waals surface area (Å²) in [6.45, 7) is 0. The Kier molecular flexibility index (Phi) is 2.88. The van der Waals surface area contributed by atoms with Crippen LogP contribution in [-0.2, 0) is 6.42 Å². The van der Waals surface area contributed by atoms with Crippen LogP contribution in [0, 0.1) is 5.95 Å². The van der Waals surface area contributed by atoms with E-state index in [1.807, 2.05) is 0 Å². The molecule has 1 aliphatic rings. The summed E-state index contributed by atoms with van der Waals surface area (Å²) in [5.41, 5.74) is 4.71. The highest BCUT2D eigenvalue weighted by Crippen LogP contribution is 2.36. The lowest BCUT2D eigenvalue weighted by atomic mass is 9.91. The van der Waals surface area contributed by atoms with Crippen LogP contribution in [0.5, 0.6) is 0 Å². The molecular weight excluding hydrogens is 265 g/mol. The lowest BCUT2D eigenvalue weighted by molar-refractivity contribution is 0.579. The minimum atomic E-state index is -0.449. The number of benzene rings is 1. The zero-order valence-corrected chi connectivity index (χ0v) is 11.6. The van der Waals surface area contributed by atoms with Gasteiger partial charge in [-0.25, -0.2) is 4.98 Å². The Hall–Kier alpha value is -2.36. The number of anilines is 1. The fourth-order valence-electron chi connectivity index (χ4n) is 3.22. The highest BCUT2D eigenvalue weighted by molar-refractivity contribution is 5.85. The smallest absolute Gasteiger partial charge is 0.212 e. The van der Waals surface area contributed by atoms with E-state index in [0.29, 0.717) is 0 Å². The Morgan fingerprint density at radius 3 is 2.95 bits per heavy atom. The zero-order chi connectivity index (χ0) is 14.2. The molecule has 2 aromatic heterocycles. The molecule has 1 aromatic carbocycles. The number of nitrogens with one attached hydrogen (secondary N) is 2. The molecule has 2 heterocycles. The Morgan fingerprint density at radius 2 is 2.10 bits per heavy atom. The number of pyridine rings is 1. The number of fused-ring (bicyclic) bond motifs is 3. The normalized spacial score (nSPS) is 17.7. The lowest BCUT2D eigenvalue weighted by Gasteiger charge is -2.24. The maximum atomic E-state index is 12.9. The van der Waals surface area contributed by atoms with Gasteiger partial charge in [0.05, 0.1) is 17.9 Å². The predicted molar refractivity (Wildman–Crippen MR) is 81.8 cm³/mol. The van der Waals surface area contributed by atoms with Gasteiger partial charge in [-0.15, -0.1) is 0 Å². The van der Waals surface area contributed by atoms with Crippen LogP contribution in [-0.4, -0.2) is 9.97 Å². The molecule has 106 valence electrons. The first-order chi connectivity index (χ1) is 10.3. The molecule has 21 heavy (non-hydrogen) atoms. The number of rotatable bonds is 2. The first-order valence-corrected chi connectivity index (χ1v) is 7.29. The van der Waals surface area contributed by atoms with E-state index < -0.39 is 5.95 Å². The molecule has 3 nitrogen and oxygen atoms in total. The van der Waals surface area contributed by atoms with Crippen LogP contribution in [0.1, 0.15) is 30.1 Å². The van der Waals surface area contributed by atoms with Crippen LogP contribution in [0.3, 0.4) is 0 Å². The molecule has 0 amide bonds. The third kappa shape index (κ3) is 2.17. The van der Waals surface area contributed by atoms with Crippen molar-refractivity contribution < 1.29 is 4.39 Å². The van der Waals surface area contributed by atoms with Crippen LogP contribution in [0.4, 0.5) is 10.1 Å². The Morgan fingerprint density at radius 1 is 1.19 bits per heavy atom. The molecular formula is C17H16FN3. The third-order valence-corrected chi connectivity index (χ3v) is 4.18. The number of hydrogen-bond acceptors (Lipinski definition) is 2. The number of aromatic amines is 1. The second kappa shape index (κ2) is 4.88. The maximum Gasteiger partial charge on any atom is 0.212 e. The van der Waals surface area contributed by atoms with Crippen molar-refractivity contribution in [1.29, 1.82) is 0 Å². The number of hydrogen-bond donors (Lipinski definition) is 2. The molecule has 2 N–H and O–H groups in total. The van der Waals surface area contributed by atoms with Gasteiger partial charge in [0.15, 0.2) is 0 Å². The first kappa shape index (κ1) is 12.4. The number of H-pyrrole nitrogens is 1. The van der Waals surface area contributed by atoms with Crippen molar-refractivity contribution in [2.45, 2.75) is 25.3 Å². The van der Waals surface area contributed by atoms with Gasteiger partial charge in [-0.05, 0) is 43.0 Å². The highest BCUT2D eigenvalue weighted by atomic mass is 19.1. The fraction of sp³-hybridized carbons (Fsp3) is 0.235. The summed E-state index contributed by atoms with van der Waals surface area (Å²) in [5, 5.41) is 4.78. The van der Waals surface area contributed by atoms with Crippen LogP contribution in [0.2, 0.25) is 0 Å². The van der Waals surface area contributed by atoms with E-state index in [2.05, 4.69) is 39.6 Å². The summed E-state index contributed by atoms with van der Waals surface area (Å²) >= 11 is 0. The number of aryl methyl sites for hydroxylation is 1. The van der Waals surface area contributed by atoms with Crippen LogP contribution in [0.15, 0.2) is 42.6 Å². The maximum absolute atomic E-state index is 12.9. The lowest BCUT2D eigenvalue weighted by Crippen LogP contribution is -2.17. The monoisotopic (exact) mass is 281 g/mol. The number of para-hydroxylation sites is 1. The Balaban J connectivity index is 1.71. The van der Waals surface area contributed by atoms with Crippen LogP contribution in [0.25, 0.3) is 10.9 Å². The molecule has 1 aliphatic carbocycles. The Labute approximate surface area is 122 Å². The van der Waals surface area contributed by atoms with E-state index in [4.69, 9.17) is 0 Å². The molecule has 0 fully saturated rings. The largest absolute Gasteiger partial charge is 0.375 e. The third-order valence-electron chi connectivity index (χ3n) is 4.18. The molecule has 0 saturated heterocycles. The average Bonchev–Trinajstić information content (AvgIpc) is 2.89. The summed E-state index contributed by atoms with van der Waals surface area (Å²) in [7, 11) is 0. The van der Waals surface area contributed by atoms with Crippen molar-refractivity contribution >= 4 is 16.6 Å². The van der Waals surface area contributed by atoms with E-state index in [1.165, 1.54) is 28.2 Å². The number of halogens is 1. The molecule has 1 atom stereocenters. The molecule has 0 bridgehead atoms. The summed E-state index contributed by atoms with van der Waals surface area (Å²) < 4.78 is 12.9. The van der Waals surface area contributed by atoms with Crippen molar-refractivity contribution in [2.24, 2.45) is 0 Å². The molecule has 4 heteroatoms. The number of nitrogens with zero attached hydrogens (tertiary/aromatic N) is 1. The average molecular weight is 281 g/mol. The molecule has 0 saturated carbocycles. The minimum absolute atomic E-state index is 0.230. The summed E-state index contributed by atoms with van der Waals surface area (Å²) in [6.07, 6.45) is 4.88. The molecule has 4 rings (SSSR count). The van der Waals surface area contributed by atoms with Crippen molar-refractivity contribution in [2.75, 3.05) is 5.32 Å². The van der Waals surface area contributed by atoms with Gasteiger partial charge in [0, 0.05) is 16.6 Å². The van der Waals surface area contributed by atoms with Gasteiger partial charge in [-0.3, -0.25) is 0 Å². The van der Waals surface area contributed by atoms with Gasteiger partial charge in [0.1, 0.15) is 0 Å². The molecule has 0 aliphatic heterocycles. The van der Waals surface area contributed by atoms with E-state index in [1.54, 1.807) is 12.3 Å². The zero-order valence-electron chi connectivity index (χ0n) is 11.6. The van der Waals surface area contributed by atoms with Gasteiger partial charge in [0.2, 0.25) is 5.95 Å². The molecule has 0 radical (unpaired) electrons. The standard InChI is InChI=1S/C17H16FN3/c18-16-9-8-11(10-19-16)20-15-7-3-5-13-12-4-1-2-6-14(12)21-17(13)15/h1-2,4,6,8-10,15,20-21H,3,5,7H2.